The molecule has 7 nitrogen and oxygen atoms in total. The molecule has 0 radical (unpaired) electrons. The number of nitrogens with zero attached hydrogens (tertiary/aromatic N) is 3. The molecule has 2 aromatic rings. The predicted molar refractivity (Wildman–Crippen MR) is 67.2 cm³/mol. The van der Waals surface area contributed by atoms with Crippen molar-refractivity contribution < 1.29 is 9.66 Å². The quantitative estimate of drug-likeness (QED) is 0.679. The van der Waals surface area contributed by atoms with Gasteiger partial charge in [-0.3, -0.25) is 0 Å². The molecule has 0 amide bonds. The third kappa shape index (κ3) is 1.73. The lowest BCUT2D eigenvalue weighted by Crippen LogP contribution is -2.27. The van der Waals surface area contributed by atoms with Gasteiger partial charge in [0.25, 0.3) is 4.96 Å². The lowest BCUT2D eigenvalue weighted by atomic mass is 10.1. The van der Waals surface area contributed by atoms with E-state index in [1.165, 1.54) is 15.7 Å². The SMILES string of the molecule is CC1OCCC1Nc1nc2sccn2c1[N+](=O)[O-]. The van der Waals surface area contributed by atoms with Crippen molar-refractivity contribution in [2.75, 3.05) is 11.9 Å². The Kier molecular flexibility index (Phi) is 2.67. The lowest BCUT2D eigenvalue weighted by molar-refractivity contribution is -0.389. The maximum Gasteiger partial charge on any atom is 0.372 e. The average molecular weight is 268 g/mol. The van der Waals surface area contributed by atoms with Crippen LogP contribution in [0.25, 0.3) is 4.96 Å². The van der Waals surface area contributed by atoms with Crippen LogP contribution in [0.1, 0.15) is 13.3 Å². The molecule has 1 aliphatic rings. The lowest BCUT2D eigenvalue weighted by Gasteiger charge is -2.14. The van der Waals surface area contributed by atoms with E-state index in [1.807, 2.05) is 6.92 Å². The van der Waals surface area contributed by atoms with Gasteiger partial charge in [-0.15, -0.1) is 0 Å². The normalized spacial score (nSPS) is 23.6. The third-order valence-corrected chi connectivity index (χ3v) is 3.86. The maximum atomic E-state index is 11.1. The van der Waals surface area contributed by atoms with Gasteiger partial charge in [0.05, 0.1) is 12.1 Å². The van der Waals surface area contributed by atoms with Gasteiger partial charge in [-0.25, -0.2) is 0 Å². The number of imidazole rings is 1. The summed E-state index contributed by atoms with van der Waals surface area (Å²) >= 11 is 1.37. The summed E-state index contributed by atoms with van der Waals surface area (Å²) in [5, 5.41) is 16.0. The van der Waals surface area contributed by atoms with Crippen LogP contribution in [-0.4, -0.2) is 33.1 Å². The number of rotatable bonds is 3. The summed E-state index contributed by atoms with van der Waals surface area (Å²) in [6.07, 6.45) is 2.54. The fourth-order valence-electron chi connectivity index (χ4n) is 2.14. The van der Waals surface area contributed by atoms with Gasteiger partial charge in [0.1, 0.15) is 6.20 Å². The van der Waals surface area contributed by atoms with Gasteiger partial charge in [0.2, 0.25) is 5.82 Å². The Balaban J connectivity index is 1.97. The zero-order valence-corrected chi connectivity index (χ0v) is 10.5. The summed E-state index contributed by atoms with van der Waals surface area (Å²) in [5.41, 5.74) is 0. The fourth-order valence-corrected chi connectivity index (χ4v) is 2.85. The molecule has 1 saturated heterocycles. The molecule has 0 spiro atoms. The minimum absolute atomic E-state index is 0.00894. The average Bonchev–Trinajstić information content (AvgIpc) is 2.95. The summed E-state index contributed by atoms with van der Waals surface area (Å²) in [6, 6.07) is 0.0771. The number of nitrogens with one attached hydrogen (secondary N) is 1. The number of anilines is 1. The molecule has 3 rings (SSSR count). The van der Waals surface area contributed by atoms with Crippen LogP contribution in [0.2, 0.25) is 0 Å². The van der Waals surface area contributed by atoms with Crippen LogP contribution in [0, 0.1) is 10.1 Å². The van der Waals surface area contributed by atoms with Crippen LogP contribution in [0.4, 0.5) is 11.6 Å². The first-order valence-corrected chi connectivity index (χ1v) is 6.53. The van der Waals surface area contributed by atoms with Crippen LogP contribution < -0.4 is 5.32 Å². The molecule has 1 aliphatic heterocycles. The highest BCUT2D eigenvalue weighted by Crippen LogP contribution is 2.30. The molecule has 2 aromatic heterocycles. The van der Waals surface area contributed by atoms with Crippen LogP contribution in [0.5, 0.6) is 0 Å². The number of aromatic nitrogens is 2. The Morgan fingerprint density at radius 2 is 2.56 bits per heavy atom. The number of fused-ring (bicyclic) bond motifs is 1. The molecule has 8 heteroatoms. The Hall–Kier alpha value is -1.67. The molecule has 0 aliphatic carbocycles. The van der Waals surface area contributed by atoms with Crippen LogP contribution in [-0.2, 0) is 4.74 Å². The molecule has 0 saturated carbocycles. The number of nitro groups is 1. The summed E-state index contributed by atoms with van der Waals surface area (Å²) in [7, 11) is 0. The van der Waals surface area contributed by atoms with E-state index in [2.05, 4.69) is 10.3 Å². The van der Waals surface area contributed by atoms with Gasteiger partial charge >= 0.3 is 5.82 Å². The van der Waals surface area contributed by atoms with E-state index in [0.717, 1.165) is 6.42 Å². The van der Waals surface area contributed by atoms with Gasteiger partial charge in [-0.2, -0.15) is 9.38 Å². The highest BCUT2D eigenvalue weighted by molar-refractivity contribution is 7.15. The Bertz CT molecular complexity index is 593. The maximum absolute atomic E-state index is 11.1. The first-order chi connectivity index (χ1) is 8.66. The van der Waals surface area contributed by atoms with Crippen molar-refractivity contribution in [1.29, 1.82) is 0 Å². The van der Waals surface area contributed by atoms with E-state index in [4.69, 9.17) is 4.74 Å². The third-order valence-electron chi connectivity index (χ3n) is 3.11. The van der Waals surface area contributed by atoms with Crippen molar-refractivity contribution >= 4 is 27.9 Å². The number of thiazole rings is 1. The van der Waals surface area contributed by atoms with Crippen molar-refractivity contribution in [2.45, 2.75) is 25.5 Å². The van der Waals surface area contributed by atoms with Crippen LogP contribution in [0.15, 0.2) is 11.6 Å². The van der Waals surface area contributed by atoms with Gasteiger partial charge in [0, 0.05) is 12.0 Å². The highest BCUT2D eigenvalue weighted by Gasteiger charge is 2.30. The molecule has 2 unspecified atom stereocenters. The predicted octanol–water partition coefficient (Wildman–Crippen LogP) is 1.89. The first-order valence-electron chi connectivity index (χ1n) is 5.65. The molecule has 1 fully saturated rings. The second-order valence-corrected chi connectivity index (χ2v) is 5.09. The number of hydrogen-bond donors (Lipinski definition) is 1. The molecule has 18 heavy (non-hydrogen) atoms. The molecular weight excluding hydrogens is 256 g/mol. The first kappa shape index (κ1) is 11.4. The van der Waals surface area contributed by atoms with E-state index in [9.17, 15) is 10.1 Å². The summed E-state index contributed by atoms with van der Waals surface area (Å²) in [6.45, 7) is 2.63. The second kappa shape index (κ2) is 4.21. The Morgan fingerprint density at radius 1 is 1.72 bits per heavy atom. The highest BCUT2D eigenvalue weighted by atomic mass is 32.1. The zero-order valence-electron chi connectivity index (χ0n) is 9.70. The minimum Gasteiger partial charge on any atom is -0.376 e. The molecule has 0 bridgehead atoms. The van der Waals surface area contributed by atoms with E-state index < -0.39 is 4.92 Å². The van der Waals surface area contributed by atoms with Crippen LogP contribution in [0.3, 0.4) is 0 Å². The molecule has 1 N–H and O–H groups in total. The van der Waals surface area contributed by atoms with Crippen LogP contribution >= 0.6 is 11.3 Å². The molecular formula is C10H12N4O3S. The summed E-state index contributed by atoms with van der Waals surface area (Å²) in [5.74, 6) is 0.319. The van der Waals surface area contributed by atoms with Gasteiger partial charge in [0.15, 0.2) is 0 Å². The van der Waals surface area contributed by atoms with E-state index in [0.29, 0.717) is 17.4 Å². The monoisotopic (exact) mass is 268 g/mol. The van der Waals surface area contributed by atoms with E-state index in [-0.39, 0.29) is 18.0 Å². The van der Waals surface area contributed by atoms with Crippen molar-refractivity contribution in [3.63, 3.8) is 0 Å². The second-order valence-electron chi connectivity index (χ2n) is 4.21. The zero-order chi connectivity index (χ0) is 12.7. The van der Waals surface area contributed by atoms with E-state index >= 15 is 0 Å². The number of hydrogen-bond acceptors (Lipinski definition) is 6. The standard InChI is InChI=1S/C10H12N4O3S/c1-6-7(2-4-17-6)11-8-9(14(15)16)13-3-5-18-10(13)12-8/h3,5-7,11H,2,4H2,1H3. The van der Waals surface area contributed by atoms with Crippen molar-refractivity contribution in [3.05, 3.63) is 21.7 Å². The Morgan fingerprint density at radius 3 is 3.22 bits per heavy atom. The molecule has 2 atom stereocenters. The number of ether oxygens (including phenoxy) is 1. The van der Waals surface area contributed by atoms with Gasteiger partial charge in [-0.1, -0.05) is 11.3 Å². The molecule has 0 aromatic carbocycles. The smallest absolute Gasteiger partial charge is 0.372 e. The van der Waals surface area contributed by atoms with Gasteiger partial charge in [-0.05, 0) is 18.3 Å². The van der Waals surface area contributed by atoms with Crippen molar-refractivity contribution in [3.8, 4) is 0 Å². The Labute approximate surface area is 107 Å². The largest absolute Gasteiger partial charge is 0.376 e. The fraction of sp³-hybridized carbons (Fsp3) is 0.500. The van der Waals surface area contributed by atoms with Crippen molar-refractivity contribution in [2.24, 2.45) is 0 Å². The van der Waals surface area contributed by atoms with E-state index in [1.54, 1.807) is 11.6 Å². The molecule has 3 heterocycles. The topological polar surface area (TPSA) is 81.7 Å². The minimum atomic E-state index is -0.407. The summed E-state index contributed by atoms with van der Waals surface area (Å²) < 4.78 is 6.92. The summed E-state index contributed by atoms with van der Waals surface area (Å²) in [4.78, 5) is 15.6. The van der Waals surface area contributed by atoms with Gasteiger partial charge < -0.3 is 20.2 Å². The molecule has 96 valence electrons. The van der Waals surface area contributed by atoms with Crippen molar-refractivity contribution in [1.82, 2.24) is 9.38 Å².